The van der Waals surface area contributed by atoms with Crippen LogP contribution < -0.4 is 0 Å². The van der Waals surface area contributed by atoms with E-state index in [-0.39, 0.29) is 11.8 Å². The maximum atomic E-state index is 10.8. The minimum absolute atomic E-state index is 0.0103. The monoisotopic (exact) mass is 272 g/mol. The molecule has 1 heterocycles. The lowest BCUT2D eigenvalue weighted by Gasteiger charge is -2.19. The van der Waals surface area contributed by atoms with Crippen LogP contribution in [-0.4, -0.2) is 20.6 Å². The van der Waals surface area contributed by atoms with Crippen LogP contribution in [0.1, 0.15) is 32.0 Å². The smallest absolute Gasteiger partial charge is 0.309 e. The number of imidazole rings is 1. The first-order chi connectivity index (χ1) is 9.29. The summed E-state index contributed by atoms with van der Waals surface area (Å²) < 4.78 is 1.83. The lowest BCUT2D eigenvalue weighted by molar-refractivity contribution is -0.136. The molecule has 0 radical (unpaired) electrons. The molecule has 1 aromatic heterocycles. The minimum atomic E-state index is -0.845. The average Bonchev–Trinajstić information content (AvgIpc) is 2.69. The zero-order valence-electron chi connectivity index (χ0n) is 12.3. The van der Waals surface area contributed by atoms with Gasteiger partial charge in [-0.25, -0.2) is 4.98 Å². The highest BCUT2D eigenvalue weighted by Gasteiger charge is 2.15. The third kappa shape index (κ3) is 2.90. The molecule has 0 aliphatic heterocycles. The van der Waals surface area contributed by atoms with Crippen molar-refractivity contribution in [3.05, 3.63) is 41.7 Å². The van der Waals surface area contributed by atoms with Crippen LogP contribution in [0.5, 0.6) is 0 Å². The largest absolute Gasteiger partial charge is 0.481 e. The molecular formula is C16H20N2O2. The average molecular weight is 272 g/mol. The van der Waals surface area contributed by atoms with Crippen molar-refractivity contribution in [2.24, 2.45) is 7.05 Å². The standard InChI is InChI=1S/C16H20N2O2/c1-16(2,3)12-7-5-11(6-8-12)15-17-10-13(18(15)4)9-14(19)20/h5-8,10H,9H2,1-4H3,(H,19,20). The Morgan fingerprint density at radius 3 is 2.35 bits per heavy atom. The maximum absolute atomic E-state index is 10.8. The van der Waals surface area contributed by atoms with E-state index in [1.165, 1.54) is 5.56 Å². The van der Waals surface area contributed by atoms with Crippen LogP contribution in [0.25, 0.3) is 11.4 Å². The summed E-state index contributed by atoms with van der Waals surface area (Å²) >= 11 is 0. The van der Waals surface area contributed by atoms with E-state index in [0.29, 0.717) is 5.69 Å². The van der Waals surface area contributed by atoms with Crippen LogP contribution >= 0.6 is 0 Å². The highest BCUT2D eigenvalue weighted by Crippen LogP contribution is 2.25. The number of carboxylic acid groups (broad SMARTS) is 1. The fourth-order valence-electron chi connectivity index (χ4n) is 2.15. The molecule has 0 fully saturated rings. The summed E-state index contributed by atoms with van der Waals surface area (Å²) in [5.74, 6) is -0.0515. The molecule has 1 aromatic carbocycles. The first-order valence-electron chi connectivity index (χ1n) is 6.62. The fraction of sp³-hybridized carbons (Fsp3) is 0.375. The van der Waals surface area contributed by atoms with Gasteiger partial charge in [-0.1, -0.05) is 45.0 Å². The quantitative estimate of drug-likeness (QED) is 0.934. The SMILES string of the molecule is Cn1c(CC(=O)O)cnc1-c1ccc(C(C)(C)C)cc1. The van der Waals surface area contributed by atoms with Crippen molar-refractivity contribution in [3.63, 3.8) is 0 Å². The number of nitrogens with zero attached hydrogens (tertiary/aromatic N) is 2. The first kappa shape index (κ1) is 14.3. The van der Waals surface area contributed by atoms with E-state index >= 15 is 0 Å². The van der Waals surface area contributed by atoms with Crippen molar-refractivity contribution in [1.29, 1.82) is 0 Å². The molecule has 0 saturated carbocycles. The number of rotatable bonds is 3. The predicted molar refractivity (Wildman–Crippen MR) is 78.7 cm³/mol. The van der Waals surface area contributed by atoms with Crippen LogP contribution in [0.15, 0.2) is 30.5 Å². The summed E-state index contributed by atoms with van der Waals surface area (Å²) in [6, 6.07) is 8.27. The Labute approximate surface area is 119 Å². The van der Waals surface area contributed by atoms with Gasteiger partial charge < -0.3 is 9.67 Å². The molecule has 1 N–H and O–H groups in total. The van der Waals surface area contributed by atoms with E-state index in [4.69, 9.17) is 5.11 Å². The molecule has 4 nitrogen and oxygen atoms in total. The van der Waals surface area contributed by atoms with Gasteiger partial charge in [-0.3, -0.25) is 4.79 Å². The Bertz CT molecular complexity index is 619. The van der Waals surface area contributed by atoms with Crippen molar-refractivity contribution in [3.8, 4) is 11.4 Å². The normalized spacial score (nSPS) is 11.6. The third-order valence-corrected chi connectivity index (χ3v) is 3.43. The van der Waals surface area contributed by atoms with E-state index in [9.17, 15) is 4.79 Å². The predicted octanol–water partition coefficient (Wildman–Crippen LogP) is 3.01. The summed E-state index contributed by atoms with van der Waals surface area (Å²) in [4.78, 5) is 15.1. The second-order valence-corrected chi connectivity index (χ2v) is 6.03. The maximum Gasteiger partial charge on any atom is 0.309 e. The van der Waals surface area contributed by atoms with E-state index in [0.717, 1.165) is 11.4 Å². The summed E-state index contributed by atoms with van der Waals surface area (Å²) in [7, 11) is 1.85. The highest BCUT2D eigenvalue weighted by atomic mass is 16.4. The van der Waals surface area contributed by atoms with Gasteiger partial charge in [0.25, 0.3) is 0 Å². The molecule has 4 heteroatoms. The van der Waals surface area contributed by atoms with Crippen LogP contribution in [0.2, 0.25) is 0 Å². The number of carbonyl (C=O) groups is 1. The second-order valence-electron chi connectivity index (χ2n) is 6.03. The number of hydrogen-bond donors (Lipinski definition) is 1. The molecule has 106 valence electrons. The van der Waals surface area contributed by atoms with Crippen molar-refractivity contribution in [2.45, 2.75) is 32.6 Å². The van der Waals surface area contributed by atoms with Crippen molar-refractivity contribution in [2.75, 3.05) is 0 Å². The number of carboxylic acids is 1. The van der Waals surface area contributed by atoms with Crippen molar-refractivity contribution >= 4 is 5.97 Å². The van der Waals surface area contributed by atoms with E-state index in [1.54, 1.807) is 6.20 Å². The Hall–Kier alpha value is -2.10. The molecule has 0 spiro atoms. The Morgan fingerprint density at radius 1 is 1.25 bits per heavy atom. The lowest BCUT2D eigenvalue weighted by Crippen LogP contribution is -2.10. The summed E-state index contributed by atoms with van der Waals surface area (Å²) in [5, 5.41) is 8.86. The van der Waals surface area contributed by atoms with Gasteiger partial charge in [0, 0.05) is 24.5 Å². The molecule has 0 bridgehead atoms. The van der Waals surface area contributed by atoms with Gasteiger partial charge in [-0.15, -0.1) is 0 Å². The first-order valence-corrected chi connectivity index (χ1v) is 6.62. The Morgan fingerprint density at radius 2 is 1.85 bits per heavy atom. The van der Waals surface area contributed by atoms with E-state index in [2.05, 4.69) is 37.9 Å². The molecule has 0 aliphatic rings. The third-order valence-electron chi connectivity index (χ3n) is 3.43. The second kappa shape index (κ2) is 5.12. The van der Waals surface area contributed by atoms with Crippen LogP contribution in [0.3, 0.4) is 0 Å². The number of hydrogen-bond acceptors (Lipinski definition) is 2. The summed E-state index contributed by atoms with van der Waals surface area (Å²) in [6.07, 6.45) is 1.62. The highest BCUT2D eigenvalue weighted by molar-refractivity contribution is 5.70. The van der Waals surface area contributed by atoms with Gasteiger partial charge in [-0.05, 0) is 11.0 Å². The summed E-state index contributed by atoms with van der Waals surface area (Å²) in [6.45, 7) is 6.52. The lowest BCUT2D eigenvalue weighted by atomic mass is 9.87. The molecule has 20 heavy (non-hydrogen) atoms. The molecular weight excluding hydrogens is 252 g/mol. The Kier molecular flexibility index (Phi) is 3.66. The molecule has 2 rings (SSSR count). The van der Waals surface area contributed by atoms with Gasteiger partial charge in [0.05, 0.1) is 6.42 Å². The molecule has 0 saturated heterocycles. The zero-order valence-corrected chi connectivity index (χ0v) is 12.3. The van der Waals surface area contributed by atoms with E-state index in [1.807, 2.05) is 23.7 Å². The number of benzene rings is 1. The summed E-state index contributed by atoms with van der Waals surface area (Å²) in [5.41, 5.74) is 3.08. The number of aliphatic carboxylic acids is 1. The van der Waals surface area contributed by atoms with Crippen molar-refractivity contribution in [1.82, 2.24) is 9.55 Å². The van der Waals surface area contributed by atoms with Crippen LogP contribution in [0.4, 0.5) is 0 Å². The van der Waals surface area contributed by atoms with Gasteiger partial charge >= 0.3 is 5.97 Å². The fourth-order valence-corrected chi connectivity index (χ4v) is 2.15. The molecule has 2 aromatic rings. The van der Waals surface area contributed by atoms with Gasteiger partial charge in [0.1, 0.15) is 5.82 Å². The minimum Gasteiger partial charge on any atom is -0.481 e. The Balaban J connectivity index is 2.33. The van der Waals surface area contributed by atoms with Crippen LogP contribution in [0, 0.1) is 0 Å². The molecule has 0 aliphatic carbocycles. The topological polar surface area (TPSA) is 55.1 Å². The van der Waals surface area contributed by atoms with Crippen LogP contribution in [-0.2, 0) is 23.7 Å². The molecule has 0 amide bonds. The van der Waals surface area contributed by atoms with Crippen molar-refractivity contribution < 1.29 is 9.90 Å². The van der Waals surface area contributed by atoms with Gasteiger partial charge in [0.2, 0.25) is 0 Å². The van der Waals surface area contributed by atoms with Gasteiger partial charge in [-0.2, -0.15) is 0 Å². The molecule has 0 atom stereocenters. The van der Waals surface area contributed by atoms with Gasteiger partial charge in [0.15, 0.2) is 0 Å². The number of aromatic nitrogens is 2. The molecule has 0 unspecified atom stereocenters. The van der Waals surface area contributed by atoms with E-state index < -0.39 is 5.97 Å². The zero-order chi connectivity index (χ0) is 14.9.